The van der Waals surface area contributed by atoms with Crippen LogP contribution >= 0.6 is 0 Å². The van der Waals surface area contributed by atoms with Crippen LogP contribution in [0.2, 0.25) is 0 Å². The number of fused-ring (bicyclic) bond motifs is 1. The number of hydrogen-bond donors (Lipinski definition) is 2. The standard InChI is InChI=1S/C25H25FN2O4/c1-16(29)27-22(14-17-6-5-9-21(26)13-17)24(30)28-23(25(31)32-2)15-18-10-11-19-7-3-4-8-20(19)12-18/h3-13,22-23H,14-15H2,1-2H3,(H,27,29)(H,28,30)/t22-,23-/m0/s1. The van der Waals surface area contributed by atoms with E-state index in [1.165, 1.54) is 32.2 Å². The fourth-order valence-electron chi connectivity index (χ4n) is 3.56. The zero-order valence-corrected chi connectivity index (χ0v) is 17.9. The van der Waals surface area contributed by atoms with E-state index in [0.717, 1.165) is 16.3 Å². The fourth-order valence-corrected chi connectivity index (χ4v) is 3.56. The molecule has 0 bridgehead atoms. The summed E-state index contributed by atoms with van der Waals surface area (Å²) >= 11 is 0. The van der Waals surface area contributed by atoms with Gasteiger partial charge in [0.25, 0.3) is 0 Å². The van der Waals surface area contributed by atoms with Gasteiger partial charge in [-0.05, 0) is 34.0 Å². The Labute approximate surface area is 185 Å². The van der Waals surface area contributed by atoms with Crippen molar-refractivity contribution in [3.63, 3.8) is 0 Å². The SMILES string of the molecule is COC(=O)[C@H](Cc1ccc2ccccc2c1)NC(=O)[C@H](Cc1cccc(F)c1)NC(C)=O. The number of esters is 1. The van der Waals surface area contributed by atoms with Gasteiger partial charge in [0, 0.05) is 19.8 Å². The minimum Gasteiger partial charge on any atom is -0.467 e. The summed E-state index contributed by atoms with van der Waals surface area (Å²) in [7, 11) is 1.25. The Morgan fingerprint density at radius 2 is 1.53 bits per heavy atom. The molecule has 7 heteroatoms. The predicted molar refractivity (Wildman–Crippen MR) is 119 cm³/mol. The van der Waals surface area contributed by atoms with Crippen LogP contribution in [0.5, 0.6) is 0 Å². The first kappa shape index (κ1) is 22.9. The summed E-state index contributed by atoms with van der Waals surface area (Å²) in [6.45, 7) is 1.29. The molecule has 2 atom stereocenters. The third-order valence-electron chi connectivity index (χ3n) is 5.08. The number of benzene rings is 3. The normalized spacial score (nSPS) is 12.6. The first-order chi connectivity index (χ1) is 15.4. The number of amides is 2. The summed E-state index contributed by atoms with van der Waals surface area (Å²) in [6, 6.07) is 17.5. The first-order valence-corrected chi connectivity index (χ1v) is 10.2. The summed E-state index contributed by atoms with van der Waals surface area (Å²) in [6.07, 6.45) is 0.295. The number of ether oxygens (including phenoxy) is 1. The van der Waals surface area contributed by atoms with Crippen LogP contribution in [0.3, 0.4) is 0 Å². The molecular formula is C25H25FN2O4. The van der Waals surface area contributed by atoms with Crippen molar-refractivity contribution in [3.8, 4) is 0 Å². The maximum absolute atomic E-state index is 13.5. The zero-order chi connectivity index (χ0) is 23.1. The maximum Gasteiger partial charge on any atom is 0.328 e. The van der Waals surface area contributed by atoms with E-state index in [2.05, 4.69) is 10.6 Å². The maximum atomic E-state index is 13.5. The van der Waals surface area contributed by atoms with E-state index in [1.54, 1.807) is 6.07 Å². The molecular weight excluding hydrogens is 411 g/mol. The number of methoxy groups -OCH3 is 1. The lowest BCUT2D eigenvalue weighted by molar-refractivity contribution is -0.145. The molecule has 0 unspecified atom stereocenters. The molecule has 0 aromatic heterocycles. The van der Waals surface area contributed by atoms with Crippen molar-refractivity contribution in [1.29, 1.82) is 0 Å². The van der Waals surface area contributed by atoms with Crippen LogP contribution in [0.1, 0.15) is 18.1 Å². The van der Waals surface area contributed by atoms with Crippen molar-refractivity contribution < 1.29 is 23.5 Å². The molecule has 0 heterocycles. The van der Waals surface area contributed by atoms with E-state index in [1.807, 2.05) is 42.5 Å². The summed E-state index contributed by atoms with van der Waals surface area (Å²) in [5.41, 5.74) is 1.39. The van der Waals surface area contributed by atoms with E-state index in [-0.39, 0.29) is 12.8 Å². The third-order valence-corrected chi connectivity index (χ3v) is 5.08. The Morgan fingerprint density at radius 3 is 2.22 bits per heavy atom. The van der Waals surface area contributed by atoms with Gasteiger partial charge in [0.2, 0.25) is 11.8 Å². The van der Waals surface area contributed by atoms with Crippen molar-refractivity contribution in [2.75, 3.05) is 7.11 Å². The first-order valence-electron chi connectivity index (χ1n) is 10.2. The van der Waals surface area contributed by atoms with Crippen LogP contribution in [-0.4, -0.2) is 37.0 Å². The predicted octanol–water partition coefficient (Wildman–Crippen LogP) is 2.93. The van der Waals surface area contributed by atoms with Crippen molar-refractivity contribution >= 4 is 28.6 Å². The lowest BCUT2D eigenvalue weighted by atomic mass is 10.0. The molecule has 3 aromatic carbocycles. The minimum atomic E-state index is -0.974. The molecule has 0 saturated heterocycles. The van der Waals surface area contributed by atoms with Gasteiger partial charge in [0.05, 0.1) is 7.11 Å². The Kier molecular flexibility index (Phi) is 7.54. The van der Waals surface area contributed by atoms with Crippen molar-refractivity contribution in [1.82, 2.24) is 10.6 Å². The molecule has 6 nitrogen and oxygen atoms in total. The molecule has 2 amide bonds. The summed E-state index contributed by atoms with van der Waals surface area (Å²) < 4.78 is 18.4. The number of nitrogens with one attached hydrogen (secondary N) is 2. The van der Waals surface area contributed by atoms with E-state index < -0.39 is 35.7 Å². The van der Waals surface area contributed by atoms with Crippen LogP contribution in [0.4, 0.5) is 4.39 Å². The largest absolute Gasteiger partial charge is 0.467 e. The molecule has 0 fully saturated rings. The zero-order valence-electron chi connectivity index (χ0n) is 17.9. The average molecular weight is 436 g/mol. The van der Waals surface area contributed by atoms with Gasteiger partial charge in [0.1, 0.15) is 17.9 Å². The van der Waals surface area contributed by atoms with Gasteiger partial charge in [-0.25, -0.2) is 9.18 Å². The van der Waals surface area contributed by atoms with E-state index >= 15 is 0 Å². The van der Waals surface area contributed by atoms with Gasteiger partial charge in [-0.15, -0.1) is 0 Å². The highest BCUT2D eigenvalue weighted by atomic mass is 19.1. The second-order valence-corrected chi connectivity index (χ2v) is 7.56. The molecule has 166 valence electrons. The highest BCUT2D eigenvalue weighted by Gasteiger charge is 2.27. The van der Waals surface area contributed by atoms with Crippen molar-refractivity contribution in [3.05, 3.63) is 83.7 Å². The van der Waals surface area contributed by atoms with Gasteiger partial charge in [-0.2, -0.15) is 0 Å². The quantitative estimate of drug-likeness (QED) is 0.532. The molecule has 0 saturated carbocycles. The Hall–Kier alpha value is -3.74. The fraction of sp³-hybridized carbons (Fsp3) is 0.240. The van der Waals surface area contributed by atoms with Gasteiger partial charge < -0.3 is 15.4 Å². The molecule has 0 aliphatic rings. The monoisotopic (exact) mass is 436 g/mol. The van der Waals surface area contributed by atoms with E-state index in [4.69, 9.17) is 4.74 Å². The van der Waals surface area contributed by atoms with E-state index in [0.29, 0.717) is 5.56 Å². The topological polar surface area (TPSA) is 84.5 Å². The van der Waals surface area contributed by atoms with Crippen molar-refractivity contribution in [2.24, 2.45) is 0 Å². The summed E-state index contributed by atoms with van der Waals surface area (Å²) in [4.78, 5) is 37.0. The smallest absolute Gasteiger partial charge is 0.328 e. The molecule has 0 spiro atoms. The second-order valence-electron chi connectivity index (χ2n) is 7.56. The van der Waals surface area contributed by atoms with E-state index in [9.17, 15) is 18.8 Å². The van der Waals surface area contributed by atoms with Crippen LogP contribution in [0.15, 0.2) is 66.7 Å². The van der Waals surface area contributed by atoms with Crippen LogP contribution in [0, 0.1) is 5.82 Å². The second kappa shape index (κ2) is 10.5. The lowest BCUT2D eigenvalue weighted by Gasteiger charge is -2.22. The Bertz CT molecular complexity index is 1130. The van der Waals surface area contributed by atoms with Crippen LogP contribution in [-0.2, 0) is 32.0 Å². The third kappa shape index (κ3) is 6.14. The van der Waals surface area contributed by atoms with Gasteiger partial charge >= 0.3 is 5.97 Å². The number of hydrogen-bond acceptors (Lipinski definition) is 4. The number of halogens is 1. The minimum absolute atomic E-state index is 0.0764. The molecule has 2 N–H and O–H groups in total. The van der Waals surface area contributed by atoms with Crippen LogP contribution < -0.4 is 10.6 Å². The average Bonchev–Trinajstić information content (AvgIpc) is 2.77. The molecule has 3 aromatic rings. The lowest BCUT2D eigenvalue weighted by Crippen LogP contribution is -2.53. The summed E-state index contributed by atoms with van der Waals surface area (Å²) in [5.74, 6) is -2.00. The molecule has 0 aliphatic heterocycles. The Balaban J connectivity index is 1.78. The van der Waals surface area contributed by atoms with Gasteiger partial charge in [-0.3, -0.25) is 9.59 Å². The highest BCUT2D eigenvalue weighted by molar-refractivity contribution is 5.91. The van der Waals surface area contributed by atoms with Gasteiger partial charge in [-0.1, -0.05) is 54.6 Å². The Morgan fingerprint density at radius 1 is 0.844 bits per heavy atom. The highest BCUT2D eigenvalue weighted by Crippen LogP contribution is 2.17. The number of carbonyl (C=O) groups excluding carboxylic acids is 3. The number of carbonyl (C=O) groups is 3. The van der Waals surface area contributed by atoms with Crippen LogP contribution in [0.25, 0.3) is 10.8 Å². The molecule has 32 heavy (non-hydrogen) atoms. The van der Waals surface area contributed by atoms with Crippen molar-refractivity contribution in [2.45, 2.75) is 31.8 Å². The van der Waals surface area contributed by atoms with Gasteiger partial charge in [0.15, 0.2) is 0 Å². The molecule has 0 aliphatic carbocycles. The number of rotatable bonds is 8. The molecule has 3 rings (SSSR count). The molecule has 0 radical (unpaired) electrons. The summed E-state index contributed by atoms with van der Waals surface area (Å²) in [5, 5.41) is 7.34.